The summed E-state index contributed by atoms with van der Waals surface area (Å²) in [5.74, 6) is 1.55. The molecule has 0 unspecified atom stereocenters. The molecule has 0 amide bonds. The summed E-state index contributed by atoms with van der Waals surface area (Å²) in [4.78, 5) is 4.53. The van der Waals surface area contributed by atoms with E-state index in [1.807, 2.05) is 85.1 Å². The van der Waals surface area contributed by atoms with Crippen molar-refractivity contribution in [3.63, 3.8) is 0 Å². The molecular weight excluding hydrogens is 296 g/mol. The van der Waals surface area contributed by atoms with Crippen molar-refractivity contribution >= 4 is 16.6 Å². The molecule has 0 saturated heterocycles. The summed E-state index contributed by atoms with van der Waals surface area (Å²) in [6.07, 6.45) is 1.81. The van der Waals surface area contributed by atoms with E-state index in [1.165, 1.54) is 0 Å². The number of aromatic nitrogens is 1. The van der Waals surface area contributed by atoms with Crippen LogP contribution in [0.15, 0.2) is 85.1 Å². The van der Waals surface area contributed by atoms with Crippen LogP contribution in [-0.2, 0) is 0 Å². The van der Waals surface area contributed by atoms with Gasteiger partial charge in [0.25, 0.3) is 0 Å². The quantitative estimate of drug-likeness (QED) is 0.560. The Balaban J connectivity index is 1.84. The first kappa shape index (κ1) is 14.3. The van der Waals surface area contributed by atoms with E-state index in [2.05, 4.69) is 4.98 Å². The molecule has 0 atom stereocenters. The van der Waals surface area contributed by atoms with Gasteiger partial charge >= 0.3 is 0 Å². The summed E-state index contributed by atoms with van der Waals surface area (Å²) >= 11 is 0. The molecule has 116 valence electrons. The first-order valence-corrected chi connectivity index (χ1v) is 7.78. The maximum Gasteiger partial charge on any atom is 0.135 e. The van der Waals surface area contributed by atoms with Crippen molar-refractivity contribution in [1.82, 2.24) is 4.98 Å². The monoisotopic (exact) mass is 312 g/mol. The largest absolute Gasteiger partial charge is 0.457 e. The van der Waals surface area contributed by atoms with Crippen molar-refractivity contribution in [2.24, 2.45) is 0 Å². The zero-order chi connectivity index (χ0) is 16.4. The molecule has 1 heterocycles. The molecule has 3 heteroatoms. The van der Waals surface area contributed by atoms with E-state index in [4.69, 9.17) is 10.5 Å². The highest BCUT2D eigenvalue weighted by atomic mass is 16.5. The Bertz CT molecular complexity index is 997. The van der Waals surface area contributed by atoms with Crippen molar-refractivity contribution in [3.8, 4) is 22.6 Å². The number of nitrogen functional groups attached to an aromatic ring is 1. The fourth-order valence-corrected chi connectivity index (χ4v) is 2.77. The SMILES string of the molecule is Nc1c(-c2ccccc2Oc2ccccc2)cnc2ccccc12. The maximum absolute atomic E-state index is 6.42. The Morgan fingerprint density at radius 3 is 2.29 bits per heavy atom. The highest BCUT2D eigenvalue weighted by Crippen LogP contribution is 2.38. The second-order valence-electron chi connectivity index (χ2n) is 5.51. The Kier molecular flexibility index (Phi) is 3.60. The van der Waals surface area contributed by atoms with Gasteiger partial charge in [-0.05, 0) is 24.3 Å². The summed E-state index contributed by atoms with van der Waals surface area (Å²) in [6.45, 7) is 0. The molecule has 4 rings (SSSR count). The maximum atomic E-state index is 6.42. The number of para-hydroxylation sites is 3. The van der Waals surface area contributed by atoms with Crippen molar-refractivity contribution < 1.29 is 4.74 Å². The van der Waals surface area contributed by atoms with Gasteiger partial charge < -0.3 is 10.5 Å². The molecule has 3 aromatic carbocycles. The Labute approximate surface area is 140 Å². The summed E-state index contributed by atoms with van der Waals surface area (Å²) < 4.78 is 6.05. The van der Waals surface area contributed by atoms with E-state index < -0.39 is 0 Å². The van der Waals surface area contributed by atoms with Gasteiger partial charge in [0.15, 0.2) is 0 Å². The van der Waals surface area contributed by atoms with E-state index in [9.17, 15) is 0 Å². The zero-order valence-electron chi connectivity index (χ0n) is 13.0. The van der Waals surface area contributed by atoms with Gasteiger partial charge in [-0.15, -0.1) is 0 Å². The van der Waals surface area contributed by atoms with Crippen LogP contribution in [0.4, 0.5) is 5.69 Å². The van der Waals surface area contributed by atoms with Crippen LogP contribution < -0.4 is 10.5 Å². The Morgan fingerprint density at radius 1 is 0.708 bits per heavy atom. The number of benzene rings is 3. The average Bonchev–Trinajstić information content (AvgIpc) is 2.64. The number of ether oxygens (including phenoxy) is 1. The van der Waals surface area contributed by atoms with Gasteiger partial charge in [0.2, 0.25) is 0 Å². The van der Waals surface area contributed by atoms with Gasteiger partial charge in [-0.25, -0.2) is 0 Å². The van der Waals surface area contributed by atoms with Gasteiger partial charge in [0, 0.05) is 22.7 Å². The molecule has 0 aliphatic carbocycles. The number of hydrogen-bond donors (Lipinski definition) is 1. The number of pyridine rings is 1. The average molecular weight is 312 g/mol. The molecule has 24 heavy (non-hydrogen) atoms. The lowest BCUT2D eigenvalue weighted by Crippen LogP contribution is -1.96. The van der Waals surface area contributed by atoms with E-state index in [0.717, 1.165) is 33.5 Å². The van der Waals surface area contributed by atoms with Crippen molar-refractivity contribution in [2.45, 2.75) is 0 Å². The van der Waals surface area contributed by atoms with Gasteiger partial charge in [-0.3, -0.25) is 4.98 Å². The van der Waals surface area contributed by atoms with Crippen LogP contribution in [0.1, 0.15) is 0 Å². The normalized spacial score (nSPS) is 10.7. The molecule has 2 N–H and O–H groups in total. The highest BCUT2D eigenvalue weighted by molar-refractivity contribution is 5.98. The van der Waals surface area contributed by atoms with Crippen LogP contribution in [-0.4, -0.2) is 4.98 Å². The minimum atomic E-state index is 0.713. The molecule has 1 aromatic heterocycles. The third-order valence-electron chi connectivity index (χ3n) is 3.97. The first-order valence-electron chi connectivity index (χ1n) is 7.78. The molecule has 3 nitrogen and oxygen atoms in total. The standard InChI is InChI=1S/C21H16N2O/c22-21-17-11-4-6-12-19(17)23-14-18(21)16-10-5-7-13-20(16)24-15-8-2-1-3-9-15/h1-14H,(H2,22,23). The molecule has 4 aromatic rings. The highest BCUT2D eigenvalue weighted by Gasteiger charge is 2.12. The summed E-state index contributed by atoms with van der Waals surface area (Å²) in [5.41, 5.74) is 9.82. The van der Waals surface area contributed by atoms with E-state index in [1.54, 1.807) is 0 Å². The number of rotatable bonds is 3. The molecule has 0 spiro atoms. The molecule has 0 aliphatic rings. The van der Waals surface area contributed by atoms with Crippen LogP contribution in [0.25, 0.3) is 22.0 Å². The van der Waals surface area contributed by atoms with Crippen LogP contribution in [0.5, 0.6) is 11.5 Å². The molecule has 0 bridgehead atoms. The number of fused-ring (bicyclic) bond motifs is 1. The third kappa shape index (κ3) is 2.57. The molecule has 0 saturated carbocycles. The predicted octanol–water partition coefficient (Wildman–Crippen LogP) is 5.28. The summed E-state index contributed by atoms with van der Waals surface area (Å²) in [5, 5.41) is 0.949. The number of hydrogen-bond acceptors (Lipinski definition) is 3. The molecule has 0 aliphatic heterocycles. The van der Waals surface area contributed by atoms with E-state index in [0.29, 0.717) is 5.69 Å². The fourth-order valence-electron chi connectivity index (χ4n) is 2.77. The van der Waals surface area contributed by atoms with E-state index in [-0.39, 0.29) is 0 Å². The van der Waals surface area contributed by atoms with Gasteiger partial charge in [0.05, 0.1) is 11.2 Å². The Morgan fingerprint density at radius 2 is 1.42 bits per heavy atom. The van der Waals surface area contributed by atoms with Crippen molar-refractivity contribution in [3.05, 3.63) is 85.1 Å². The lowest BCUT2D eigenvalue weighted by Gasteiger charge is -2.14. The zero-order valence-corrected chi connectivity index (χ0v) is 13.0. The second-order valence-corrected chi connectivity index (χ2v) is 5.51. The van der Waals surface area contributed by atoms with Gasteiger partial charge in [-0.2, -0.15) is 0 Å². The number of anilines is 1. The van der Waals surface area contributed by atoms with Crippen molar-refractivity contribution in [1.29, 1.82) is 0 Å². The van der Waals surface area contributed by atoms with Crippen LogP contribution in [0, 0.1) is 0 Å². The number of nitrogens with zero attached hydrogens (tertiary/aromatic N) is 1. The topological polar surface area (TPSA) is 48.1 Å². The lowest BCUT2D eigenvalue weighted by molar-refractivity contribution is 0.484. The first-order chi connectivity index (χ1) is 11.8. The minimum Gasteiger partial charge on any atom is -0.457 e. The van der Waals surface area contributed by atoms with Crippen molar-refractivity contribution in [2.75, 3.05) is 5.73 Å². The van der Waals surface area contributed by atoms with Gasteiger partial charge in [0.1, 0.15) is 11.5 Å². The third-order valence-corrected chi connectivity index (χ3v) is 3.97. The molecular formula is C21H16N2O. The predicted molar refractivity (Wildman–Crippen MR) is 98.1 cm³/mol. The van der Waals surface area contributed by atoms with Gasteiger partial charge in [-0.1, -0.05) is 54.6 Å². The number of nitrogens with two attached hydrogens (primary N) is 1. The lowest BCUT2D eigenvalue weighted by atomic mass is 10.0. The second kappa shape index (κ2) is 6.05. The smallest absolute Gasteiger partial charge is 0.135 e. The van der Waals surface area contributed by atoms with Crippen LogP contribution >= 0.6 is 0 Å². The Hall–Kier alpha value is -3.33. The van der Waals surface area contributed by atoms with Crippen LogP contribution in [0.3, 0.4) is 0 Å². The van der Waals surface area contributed by atoms with Crippen LogP contribution in [0.2, 0.25) is 0 Å². The van der Waals surface area contributed by atoms with E-state index >= 15 is 0 Å². The summed E-state index contributed by atoms with van der Waals surface area (Å²) in [7, 11) is 0. The summed E-state index contributed by atoms with van der Waals surface area (Å²) in [6, 6.07) is 25.5. The molecule has 0 radical (unpaired) electrons. The molecule has 0 fully saturated rings. The fraction of sp³-hybridized carbons (Fsp3) is 0. The minimum absolute atomic E-state index is 0.713.